The van der Waals surface area contributed by atoms with Crippen LogP contribution in [0, 0.1) is 5.82 Å². The molecule has 29 heavy (non-hydrogen) atoms. The fourth-order valence-corrected chi connectivity index (χ4v) is 8.87. The van der Waals surface area contributed by atoms with Gasteiger partial charge in [0.2, 0.25) is 0 Å². The zero-order valence-electron chi connectivity index (χ0n) is 16.9. The van der Waals surface area contributed by atoms with Crippen LogP contribution in [-0.2, 0) is 13.6 Å². The van der Waals surface area contributed by atoms with Gasteiger partial charge in [0.15, 0.2) is 17.3 Å². The van der Waals surface area contributed by atoms with Crippen molar-refractivity contribution in [2.24, 2.45) is 0 Å². The molecule has 1 aromatic heterocycles. The standard InChI is InChI=1S/C20H25FO5S3/c1-5-19(23,11-16(22)25-3)20(27-7-6-8-28-20)15-9-12-14(29-15)10-13(24-2)18(26-4)17(12)21/h9-10,23H,5-8,11H2,1-4H3. The van der Waals surface area contributed by atoms with Crippen LogP contribution in [0.25, 0.3) is 10.1 Å². The van der Waals surface area contributed by atoms with E-state index in [-0.39, 0.29) is 12.2 Å². The summed E-state index contributed by atoms with van der Waals surface area (Å²) < 4.78 is 30.4. The Morgan fingerprint density at radius 2 is 1.93 bits per heavy atom. The van der Waals surface area contributed by atoms with Crippen LogP contribution in [0.1, 0.15) is 31.1 Å². The number of thiophene rings is 1. The number of esters is 1. The number of hydrogen-bond donors (Lipinski definition) is 1. The minimum Gasteiger partial charge on any atom is -0.493 e. The summed E-state index contributed by atoms with van der Waals surface area (Å²) in [5.41, 5.74) is -1.33. The summed E-state index contributed by atoms with van der Waals surface area (Å²) in [5.74, 6) is 1.13. The Balaban J connectivity index is 2.20. The molecule has 1 aliphatic heterocycles. The van der Waals surface area contributed by atoms with Crippen molar-refractivity contribution in [3.8, 4) is 11.5 Å². The van der Waals surface area contributed by atoms with Crippen molar-refractivity contribution in [3.05, 3.63) is 22.8 Å². The number of thioether (sulfide) groups is 2. The number of aliphatic hydroxyl groups is 1. The average molecular weight is 461 g/mol. The normalized spacial score (nSPS) is 18.3. The maximum atomic E-state index is 15.1. The summed E-state index contributed by atoms with van der Waals surface area (Å²) in [4.78, 5) is 12.9. The number of benzene rings is 1. The Morgan fingerprint density at radius 3 is 2.48 bits per heavy atom. The van der Waals surface area contributed by atoms with E-state index in [0.29, 0.717) is 22.3 Å². The molecular weight excluding hydrogens is 435 g/mol. The van der Waals surface area contributed by atoms with Gasteiger partial charge in [-0.3, -0.25) is 4.79 Å². The van der Waals surface area contributed by atoms with Gasteiger partial charge in [-0.2, -0.15) is 0 Å². The molecule has 0 aliphatic carbocycles. The fourth-order valence-electron chi connectivity index (χ4n) is 3.56. The van der Waals surface area contributed by atoms with Gasteiger partial charge in [0.1, 0.15) is 9.68 Å². The number of ether oxygens (including phenoxy) is 3. The number of fused-ring (bicyclic) bond motifs is 1. The Hall–Kier alpha value is -1.16. The second-order valence-corrected chi connectivity index (χ2v) is 10.7. The van der Waals surface area contributed by atoms with Crippen LogP contribution >= 0.6 is 34.9 Å². The molecule has 2 aromatic rings. The number of hydrogen-bond acceptors (Lipinski definition) is 8. The molecule has 0 amide bonds. The molecule has 1 aliphatic rings. The predicted octanol–water partition coefficient (Wildman–Crippen LogP) is 4.78. The lowest BCUT2D eigenvalue weighted by atomic mass is 9.90. The summed E-state index contributed by atoms with van der Waals surface area (Å²) in [6, 6.07) is 3.53. The highest BCUT2D eigenvalue weighted by Crippen LogP contribution is 2.61. The number of methoxy groups -OCH3 is 3. The Labute approximate surface area is 182 Å². The maximum Gasteiger partial charge on any atom is 0.308 e. The van der Waals surface area contributed by atoms with Crippen molar-refractivity contribution in [1.82, 2.24) is 0 Å². The van der Waals surface area contributed by atoms with Crippen LogP contribution in [0.2, 0.25) is 0 Å². The lowest BCUT2D eigenvalue weighted by Gasteiger charge is -2.47. The van der Waals surface area contributed by atoms with Gasteiger partial charge >= 0.3 is 5.97 Å². The van der Waals surface area contributed by atoms with E-state index in [2.05, 4.69) is 0 Å². The van der Waals surface area contributed by atoms with E-state index in [1.165, 1.54) is 32.7 Å². The van der Waals surface area contributed by atoms with Crippen LogP contribution in [0.15, 0.2) is 12.1 Å². The van der Waals surface area contributed by atoms with Gasteiger partial charge in [0.05, 0.1) is 27.8 Å². The number of carbonyl (C=O) groups excluding carboxylic acids is 1. The van der Waals surface area contributed by atoms with E-state index in [1.807, 2.05) is 6.92 Å². The van der Waals surface area contributed by atoms with E-state index in [4.69, 9.17) is 14.2 Å². The first-order valence-electron chi connectivity index (χ1n) is 9.27. The van der Waals surface area contributed by atoms with Crippen molar-refractivity contribution < 1.29 is 28.5 Å². The summed E-state index contributed by atoms with van der Waals surface area (Å²) in [5, 5.41) is 12.1. The van der Waals surface area contributed by atoms with Crippen molar-refractivity contribution >= 4 is 50.9 Å². The molecule has 160 valence electrons. The number of carbonyl (C=O) groups is 1. The third kappa shape index (κ3) is 3.82. The van der Waals surface area contributed by atoms with E-state index in [1.54, 1.807) is 35.7 Å². The molecule has 9 heteroatoms. The van der Waals surface area contributed by atoms with Gasteiger partial charge in [-0.25, -0.2) is 4.39 Å². The molecule has 5 nitrogen and oxygen atoms in total. The zero-order valence-corrected chi connectivity index (χ0v) is 19.3. The van der Waals surface area contributed by atoms with Crippen LogP contribution < -0.4 is 9.47 Å². The molecule has 0 spiro atoms. The summed E-state index contributed by atoms with van der Waals surface area (Å²) in [7, 11) is 4.19. The summed E-state index contributed by atoms with van der Waals surface area (Å²) in [6.45, 7) is 1.86. The molecule has 1 atom stereocenters. The largest absolute Gasteiger partial charge is 0.493 e. The number of halogens is 1. The second-order valence-electron chi connectivity index (χ2n) is 6.75. The van der Waals surface area contributed by atoms with Crippen LogP contribution in [0.5, 0.6) is 11.5 Å². The summed E-state index contributed by atoms with van der Waals surface area (Å²) in [6.07, 6.45) is 1.25. The highest BCUT2D eigenvalue weighted by molar-refractivity contribution is 8.18. The minimum absolute atomic E-state index is 0.0580. The van der Waals surface area contributed by atoms with E-state index >= 15 is 4.39 Å². The smallest absolute Gasteiger partial charge is 0.308 e. The van der Waals surface area contributed by atoms with Crippen molar-refractivity contribution in [3.63, 3.8) is 0 Å². The summed E-state index contributed by atoms with van der Waals surface area (Å²) >= 11 is 4.65. The lowest BCUT2D eigenvalue weighted by Crippen LogP contribution is -2.49. The Kier molecular flexibility index (Phi) is 6.92. The molecule has 0 saturated carbocycles. The van der Waals surface area contributed by atoms with Crippen molar-refractivity contribution in [1.29, 1.82) is 0 Å². The second kappa shape index (κ2) is 8.91. The van der Waals surface area contributed by atoms with Crippen molar-refractivity contribution in [2.75, 3.05) is 32.8 Å². The number of rotatable bonds is 7. The highest BCUT2D eigenvalue weighted by atomic mass is 32.2. The molecule has 1 aromatic carbocycles. The molecule has 3 rings (SSSR count). The molecule has 1 saturated heterocycles. The van der Waals surface area contributed by atoms with Crippen LogP contribution in [-0.4, -0.2) is 49.5 Å². The fraction of sp³-hybridized carbons (Fsp3) is 0.550. The minimum atomic E-state index is -1.33. The maximum absolute atomic E-state index is 15.1. The van der Waals surface area contributed by atoms with Gasteiger partial charge < -0.3 is 19.3 Å². The van der Waals surface area contributed by atoms with Gasteiger partial charge in [-0.05, 0) is 30.4 Å². The topological polar surface area (TPSA) is 65.0 Å². The highest BCUT2D eigenvalue weighted by Gasteiger charge is 2.54. The van der Waals surface area contributed by atoms with Gasteiger partial charge in [0.25, 0.3) is 0 Å². The monoisotopic (exact) mass is 460 g/mol. The lowest BCUT2D eigenvalue weighted by molar-refractivity contribution is -0.146. The van der Waals surface area contributed by atoms with E-state index in [0.717, 1.165) is 22.8 Å². The third-order valence-corrected chi connectivity index (χ3v) is 10.4. The molecule has 0 bridgehead atoms. The molecule has 1 N–H and O–H groups in total. The molecular formula is C20H25FO5S3. The average Bonchev–Trinajstić information content (AvgIpc) is 3.18. The Morgan fingerprint density at radius 1 is 1.24 bits per heavy atom. The van der Waals surface area contributed by atoms with Crippen molar-refractivity contribution in [2.45, 2.75) is 35.9 Å². The van der Waals surface area contributed by atoms with E-state index in [9.17, 15) is 9.90 Å². The van der Waals surface area contributed by atoms with Gasteiger partial charge in [-0.1, -0.05) is 6.92 Å². The third-order valence-electron chi connectivity index (χ3n) is 5.19. The zero-order chi connectivity index (χ0) is 21.2. The first-order valence-corrected chi connectivity index (χ1v) is 12.1. The van der Waals surface area contributed by atoms with Gasteiger partial charge in [0, 0.05) is 21.0 Å². The van der Waals surface area contributed by atoms with E-state index < -0.39 is 21.5 Å². The van der Waals surface area contributed by atoms with Crippen LogP contribution in [0.4, 0.5) is 4.39 Å². The molecule has 1 unspecified atom stereocenters. The molecule has 1 fully saturated rings. The SMILES string of the molecule is CCC(O)(CC(=O)OC)C1(c2cc3c(F)c(OC)c(OC)cc3s2)SCCCS1. The molecule has 0 radical (unpaired) electrons. The first kappa shape index (κ1) is 22.5. The quantitative estimate of drug-likeness (QED) is 0.596. The van der Waals surface area contributed by atoms with Gasteiger partial charge in [-0.15, -0.1) is 34.9 Å². The van der Waals surface area contributed by atoms with Crippen LogP contribution in [0.3, 0.4) is 0 Å². The first-order chi connectivity index (χ1) is 13.9. The Bertz CT molecular complexity index is 894. The molecule has 2 heterocycles. The predicted molar refractivity (Wildman–Crippen MR) is 118 cm³/mol.